The smallest absolute Gasteiger partial charge is 0.288 e. The van der Waals surface area contributed by atoms with Gasteiger partial charge in [0, 0.05) is 23.1 Å². The third-order valence-electron chi connectivity index (χ3n) is 2.02. The molecule has 0 aliphatic rings. The highest BCUT2D eigenvalue weighted by atomic mass is 16.6. The third kappa shape index (κ3) is 3.76. The van der Waals surface area contributed by atoms with Crippen molar-refractivity contribution in [1.82, 2.24) is 4.98 Å². The Bertz CT molecular complexity index is 508. The van der Waals surface area contributed by atoms with Gasteiger partial charge in [-0.1, -0.05) is 17.3 Å². The highest BCUT2D eigenvalue weighted by Crippen LogP contribution is 2.22. The van der Waals surface area contributed by atoms with Gasteiger partial charge < -0.3 is 4.74 Å². The SMILES string of the molecule is COc1ncc([N+](=O)[O-])cc1C=CCCN=[N+]=[N-]. The highest BCUT2D eigenvalue weighted by Gasteiger charge is 2.10. The molecular formula is C10H11N5O3. The monoisotopic (exact) mass is 249 g/mol. The molecule has 1 aromatic heterocycles. The maximum absolute atomic E-state index is 10.6. The lowest BCUT2D eigenvalue weighted by molar-refractivity contribution is -0.385. The minimum Gasteiger partial charge on any atom is -0.481 e. The van der Waals surface area contributed by atoms with Crippen LogP contribution < -0.4 is 4.74 Å². The molecule has 1 aromatic rings. The number of ether oxygens (including phenoxy) is 1. The fourth-order valence-electron chi connectivity index (χ4n) is 1.23. The summed E-state index contributed by atoms with van der Waals surface area (Å²) < 4.78 is 4.99. The van der Waals surface area contributed by atoms with Crippen LogP contribution in [0.3, 0.4) is 0 Å². The average Bonchev–Trinajstić information content (AvgIpc) is 2.38. The van der Waals surface area contributed by atoms with Crippen LogP contribution in [0.15, 0.2) is 23.5 Å². The van der Waals surface area contributed by atoms with Crippen molar-refractivity contribution in [3.05, 3.63) is 44.5 Å². The largest absolute Gasteiger partial charge is 0.481 e. The summed E-state index contributed by atoms with van der Waals surface area (Å²) in [5, 5.41) is 14.0. The number of azide groups is 1. The maximum atomic E-state index is 10.6. The second-order valence-electron chi connectivity index (χ2n) is 3.19. The fraction of sp³-hybridized carbons (Fsp3) is 0.300. The van der Waals surface area contributed by atoms with E-state index in [1.165, 1.54) is 13.2 Å². The van der Waals surface area contributed by atoms with Crippen molar-refractivity contribution in [3.8, 4) is 5.88 Å². The second-order valence-corrected chi connectivity index (χ2v) is 3.19. The highest BCUT2D eigenvalue weighted by molar-refractivity contribution is 5.57. The number of methoxy groups -OCH3 is 1. The molecule has 0 aromatic carbocycles. The van der Waals surface area contributed by atoms with Gasteiger partial charge in [0.15, 0.2) is 0 Å². The van der Waals surface area contributed by atoms with E-state index in [1.807, 2.05) is 0 Å². The lowest BCUT2D eigenvalue weighted by atomic mass is 10.2. The zero-order chi connectivity index (χ0) is 13.4. The van der Waals surface area contributed by atoms with Crippen molar-refractivity contribution in [3.63, 3.8) is 0 Å². The molecule has 0 aliphatic carbocycles. The van der Waals surface area contributed by atoms with E-state index >= 15 is 0 Å². The van der Waals surface area contributed by atoms with Crippen molar-refractivity contribution in [1.29, 1.82) is 0 Å². The molecule has 0 spiro atoms. The van der Waals surface area contributed by atoms with Crippen LogP contribution >= 0.6 is 0 Å². The maximum Gasteiger partial charge on any atom is 0.288 e. The molecule has 0 aliphatic heterocycles. The average molecular weight is 249 g/mol. The molecule has 8 nitrogen and oxygen atoms in total. The molecular weight excluding hydrogens is 238 g/mol. The first-order chi connectivity index (χ1) is 8.69. The summed E-state index contributed by atoms with van der Waals surface area (Å²) in [4.78, 5) is 16.5. The Labute approximate surface area is 103 Å². The van der Waals surface area contributed by atoms with Gasteiger partial charge in [-0.05, 0) is 12.0 Å². The van der Waals surface area contributed by atoms with Crippen molar-refractivity contribution in [2.75, 3.05) is 13.7 Å². The Morgan fingerprint density at radius 2 is 2.50 bits per heavy atom. The van der Waals surface area contributed by atoms with Crippen LogP contribution in [0.4, 0.5) is 5.69 Å². The van der Waals surface area contributed by atoms with Gasteiger partial charge in [-0.25, -0.2) is 4.98 Å². The summed E-state index contributed by atoms with van der Waals surface area (Å²) in [6, 6.07) is 1.37. The minimum absolute atomic E-state index is 0.106. The number of pyridine rings is 1. The number of hydrogen-bond donors (Lipinski definition) is 0. The lowest BCUT2D eigenvalue weighted by Crippen LogP contribution is -1.95. The molecule has 94 valence electrons. The lowest BCUT2D eigenvalue weighted by Gasteiger charge is -2.02. The summed E-state index contributed by atoms with van der Waals surface area (Å²) in [7, 11) is 1.44. The van der Waals surface area contributed by atoms with E-state index in [0.29, 0.717) is 24.4 Å². The van der Waals surface area contributed by atoms with E-state index in [0.717, 1.165) is 6.20 Å². The van der Waals surface area contributed by atoms with Crippen LogP contribution in [-0.4, -0.2) is 23.6 Å². The summed E-state index contributed by atoms with van der Waals surface area (Å²) in [5.41, 5.74) is 8.49. The Hall–Kier alpha value is -2.60. The van der Waals surface area contributed by atoms with E-state index in [4.69, 9.17) is 10.3 Å². The van der Waals surface area contributed by atoms with Crippen molar-refractivity contribution in [2.45, 2.75) is 6.42 Å². The van der Waals surface area contributed by atoms with E-state index in [1.54, 1.807) is 12.2 Å². The van der Waals surface area contributed by atoms with E-state index in [9.17, 15) is 10.1 Å². The molecule has 0 saturated carbocycles. The first kappa shape index (κ1) is 13.5. The summed E-state index contributed by atoms with van der Waals surface area (Å²) in [6.45, 7) is 0.331. The van der Waals surface area contributed by atoms with Gasteiger partial charge in [-0.15, -0.1) is 0 Å². The van der Waals surface area contributed by atoms with Crippen LogP contribution in [0, 0.1) is 10.1 Å². The number of nitro groups is 1. The van der Waals surface area contributed by atoms with Gasteiger partial charge in [0.1, 0.15) is 6.20 Å². The molecule has 1 rings (SSSR count). The van der Waals surface area contributed by atoms with E-state index in [2.05, 4.69) is 15.0 Å². The molecule has 0 bridgehead atoms. The summed E-state index contributed by atoms with van der Waals surface area (Å²) >= 11 is 0. The normalized spacial score (nSPS) is 10.1. The van der Waals surface area contributed by atoms with Gasteiger partial charge in [0.25, 0.3) is 5.69 Å². The number of hydrogen-bond acceptors (Lipinski definition) is 5. The van der Waals surface area contributed by atoms with Gasteiger partial charge in [-0.2, -0.15) is 0 Å². The van der Waals surface area contributed by atoms with E-state index in [-0.39, 0.29) is 5.69 Å². The zero-order valence-corrected chi connectivity index (χ0v) is 9.68. The molecule has 8 heteroatoms. The predicted octanol–water partition coefficient (Wildman–Crippen LogP) is 2.71. The van der Waals surface area contributed by atoms with Crippen LogP contribution in [-0.2, 0) is 0 Å². The quantitative estimate of drug-likeness (QED) is 0.192. The molecule has 0 N–H and O–H groups in total. The standard InChI is InChI=1S/C10H11N5O3/c1-18-10-8(4-2-3-5-13-14-11)6-9(7-12-10)15(16)17/h2,4,6-7H,3,5H2,1H3. The Kier molecular flexibility index (Phi) is 5.14. The van der Waals surface area contributed by atoms with Crippen molar-refractivity contribution < 1.29 is 9.66 Å². The first-order valence-electron chi connectivity index (χ1n) is 5.05. The summed E-state index contributed by atoms with van der Waals surface area (Å²) in [5.74, 6) is 0.306. The Morgan fingerprint density at radius 1 is 1.72 bits per heavy atom. The molecule has 0 unspecified atom stereocenters. The van der Waals surface area contributed by atoms with Crippen LogP contribution in [0.1, 0.15) is 12.0 Å². The first-order valence-corrected chi connectivity index (χ1v) is 5.05. The number of rotatable bonds is 6. The molecule has 0 fully saturated rings. The Morgan fingerprint density at radius 3 is 3.11 bits per heavy atom. The van der Waals surface area contributed by atoms with Crippen LogP contribution in [0.25, 0.3) is 16.5 Å². The second kappa shape index (κ2) is 6.87. The van der Waals surface area contributed by atoms with Gasteiger partial charge in [-0.3, -0.25) is 10.1 Å². The molecule has 18 heavy (non-hydrogen) atoms. The number of nitrogens with zero attached hydrogens (tertiary/aromatic N) is 5. The van der Waals surface area contributed by atoms with Gasteiger partial charge in [0.05, 0.1) is 12.0 Å². The van der Waals surface area contributed by atoms with Crippen molar-refractivity contribution >= 4 is 11.8 Å². The summed E-state index contributed by atoms with van der Waals surface area (Å²) in [6.07, 6.45) is 5.05. The molecule has 0 radical (unpaired) electrons. The predicted molar refractivity (Wildman–Crippen MR) is 65.1 cm³/mol. The molecule has 1 heterocycles. The molecule has 0 saturated heterocycles. The van der Waals surface area contributed by atoms with Crippen LogP contribution in [0.2, 0.25) is 0 Å². The Balaban J connectivity index is 2.87. The van der Waals surface area contributed by atoms with Gasteiger partial charge in [0.2, 0.25) is 5.88 Å². The molecule has 0 amide bonds. The third-order valence-corrected chi connectivity index (χ3v) is 2.02. The molecule has 0 atom stereocenters. The van der Waals surface area contributed by atoms with Crippen molar-refractivity contribution in [2.24, 2.45) is 5.11 Å². The zero-order valence-electron chi connectivity index (χ0n) is 9.68. The van der Waals surface area contributed by atoms with E-state index < -0.39 is 4.92 Å². The topological polar surface area (TPSA) is 114 Å². The fourth-order valence-corrected chi connectivity index (χ4v) is 1.23. The van der Waals surface area contributed by atoms with Gasteiger partial charge >= 0.3 is 0 Å². The van der Waals surface area contributed by atoms with Crippen LogP contribution in [0.5, 0.6) is 5.88 Å². The minimum atomic E-state index is -0.524. The number of aromatic nitrogens is 1.